The number of allylic oxidation sites excluding steroid dienone is 5. The first-order valence-electron chi connectivity index (χ1n) is 9.61. The molecule has 0 aromatic heterocycles. The van der Waals surface area contributed by atoms with Crippen LogP contribution in [0.5, 0.6) is 5.75 Å². The molecule has 3 aliphatic rings. The molecule has 1 aliphatic heterocycles. The molecule has 1 aromatic rings. The standard InChI is InChI=1S/C23H29O3P/c1-8-14(2)9-17-20-23(13-22(17,6)7)12-21(4,5)16-10-15(3)11-18(19(16)23)25-27(24)26-20/h8-11,27H,1,12-13H2,2-7H3/b14-9-. The maximum absolute atomic E-state index is 12.7. The highest BCUT2D eigenvalue weighted by Crippen LogP contribution is 2.68. The molecule has 0 bridgehead atoms. The molecule has 2 aliphatic carbocycles. The first-order valence-corrected chi connectivity index (χ1v) is 10.8. The summed E-state index contributed by atoms with van der Waals surface area (Å²) in [4.78, 5) is 0. The second-order valence-corrected chi connectivity index (χ2v) is 10.6. The fourth-order valence-corrected chi connectivity index (χ4v) is 6.39. The smallest absolute Gasteiger partial charge is 0.418 e. The lowest BCUT2D eigenvalue weighted by Crippen LogP contribution is -2.27. The van der Waals surface area contributed by atoms with Crippen LogP contribution >= 0.6 is 8.25 Å². The molecular formula is C23H29O3P. The molecule has 4 heteroatoms. The Labute approximate surface area is 163 Å². The van der Waals surface area contributed by atoms with Crippen LogP contribution in [0.4, 0.5) is 0 Å². The van der Waals surface area contributed by atoms with Gasteiger partial charge in [0.15, 0.2) is 0 Å². The lowest BCUT2D eigenvalue weighted by Gasteiger charge is -2.30. The number of hydrogen-bond donors (Lipinski definition) is 0. The largest absolute Gasteiger partial charge is 0.421 e. The van der Waals surface area contributed by atoms with Crippen LogP contribution in [0.15, 0.2) is 47.8 Å². The van der Waals surface area contributed by atoms with Gasteiger partial charge in [0.1, 0.15) is 11.5 Å². The van der Waals surface area contributed by atoms with Gasteiger partial charge in [-0.3, -0.25) is 0 Å². The van der Waals surface area contributed by atoms with Crippen LogP contribution in [0.25, 0.3) is 0 Å². The Hall–Kier alpha value is -1.73. The minimum absolute atomic E-state index is 0.00390. The van der Waals surface area contributed by atoms with Crippen LogP contribution in [0.1, 0.15) is 64.2 Å². The zero-order valence-electron chi connectivity index (χ0n) is 17.2. The fourth-order valence-electron chi connectivity index (χ4n) is 5.53. The molecule has 2 unspecified atom stereocenters. The molecule has 1 aromatic carbocycles. The lowest BCUT2D eigenvalue weighted by molar-refractivity contribution is 0.264. The maximum atomic E-state index is 12.7. The van der Waals surface area contributed by atoms with E-state index in [1.165, 1.54) is 11.1 Å². The summed E-state index contributed by atoms with van der Waals surface area (Å²) in [6.45, 7) is 17.1. The number of rotatable bonds is 2. The van der Waals surface area contributed by atoms with Crippen molar-refractivity contribution in [2.24, 2.45) is 5.41 Å². The van der Waals surface area contributed by atoms with Gasteiger partial charge in [0, 0.05) is 5.56 Å². The second kappa shape index (κ2) is 5.64. The second-order valence-electron chi connectivity index (χ2n) is 9.68. The maximum Gasteiger partial charge on any atom is 0.418 e. The van der Waals surface area contributed by atoms with Crippen LogP contribution in [0, 0.1) is 12.3 Å². The van der Waals surface area contributed by atoms with Gasteiger partial charge in [0.05, 0.1) is 5.41 Å². The van der Waals surface area contributed by atoms with Gasteiger partial charge in [0.2, 0.25) is 0 Å². The third-order valence-corrected chi connectivity index (χ3v) is 7.18. The first kappa shape index (κ1) is 18.6. The van der Waals surface area contributed by atoms with Crippen molar-refractivity contribution in [3.63, 3.8) is 0 Å². The van der Waals surface area contributed by atoms with E-state index in [9.17, 15) is 4.57 Å². The highest BCUT2D eigenvalue weighted by molar-refractivity contribution is 7.34. The van der Waals surface area contributed by atoms with Crippen molar-refractivity contribution in [3.05, 3.63) is 64.5 Å². The molecule has 0 saturated carbocycles. The van der Waals surface area contributed by atoms with Gasteiger partial charge in [-0.25, -0.2) is 4.57 Å². The molecule has 1 heterocycles. The van der Waals surface area contributed by atoms with Crippen molar-refractivity contribution in [2.45, 2.75) is 65.2 Å². The number of benzene rings is 1. The SMILES string of the molecule is C=C/C(C)=C\C1=C2O[PH](=O)Oc3cc(C)cc4c3C2(CC1(C)C)CC4(C)C. The Balaban J connectivity index is 2.10. The fraction of sp³-hybridized carbons (Fsp3) is 0.478. The Morgan fingerprint density at radius 1 is 1.15 bits per heavy atom. The Kier molecular flexibility index (Phi) is 3.89. The van der Waals surface area contributed by atoms with E-state index in [0.29, 0.717) is 0 Å². The summed E-state index contributed by atoms with van der Waals surface area (Å²) in [5, 5.41) is 0. The quantitative estimate of drug-likeness (QED) is 0.430. The molecular weight excluding hydrogens is 355 g/mol. The molecule has 0 amide bonds. The molecule has 27 heavy (non-hydrogen) atoms. The van der Waals surface area contributed by atoms with Crippen LogP contribution in [0.2, 0.25) is 0 Å². The molecule has 4 rings (SSSR count). The van der Waals surface area contributed by atoms with Gasteiger partial charge in [-0.1, -0.05) is 58.1 Å². The van der Waals surface area contributed by atoms with Crippen molar-refractivity contribution in [1.29, 1.82) is 0 Å². The molecule has 144 valence electrons. The minimum Gasteiger partial charge on any atom is -0.421 e. The van der Waals surface area contributed by atoms with Crippen molar-refractivity contribution in [1.82, 2.24) is 0 Å². The first-order chi connectivity index (χ1) is 12.5. The topological polar surface area (TPSA) is 35.5 Å². The minimum atomic E-state index is -2.65. The highest BCUT2D eigenvalue weighted by Gasteiger charge is 2.61. The van der Waals surface area contributed by atoms with E-state index in [2.05, 4.69) is 53.3 Å². The van der Waals surface area contributed by atoms with Crippen molar-refractivity contribution in [2.75, 3.05) is 0 Å². The molecule has 3 nitrogen and oxygen atoms in total. The van der Waals surface area contributed by atoms with E-state index in [0.717, 1.165) is 41.1 Å². The van der Waals surface area contributed by atoms with Crippen molar-refractivity contribution >= 4 is 8.25 Å². The van der Waals surface area contributed by atoms with E-state index in [-0.39, 0.29) is 16.2 Å². The lowest BCUT2D eigenvalue weighted by atomic mass is 9.73. The van der Waals surface area contributed by atoms with Gasteiger partial charge in [-0.15, -0.1) is 0 Å². The summed E-state index contributed by atoms with van der Waals surface area (Å²) >= 11 is 0. The average Bonchev–Trinajstić information content (AvgIpc) is 2.82. The van der Waals surface area contributed by atoms with E-state index < -0.39 is 8.25 Å². The predicted octanol–water partition coefficient (Wildman–Crippen LogP) is 6.53. The number of aryl methyl sites for hydroxylation is 1. The monoisotopic (exact) mass is 384 g/mol. The van der Waals surface area contributed by atoms with Crippen LogP contribution in [-0.4, -0.2) is 0 Å². The van der Waals surface area contributed by atoms with E-state index >= 15 is 0 Å². The van der Waals surface area contributed by atoms with Crippen molar-refractivity contribution < 1.29 is 13.6 Å². The summed E-state index contributed by atoms with van der Waals surface area (Å²) in [5.74, 6) is 1.60. The summed E-state index contributed by atoms with van der Waals surface area (Å²) < 4.78 is 24.7. The summed E-state index contributed by atoms with van der Waals surface area (Å²) in [6, 6.07) is 4.29. The van der Waals surface area contributed by atoms with Crippen molar-refractivity contribution in [3.8, 4) is 5.75 Å². The summed E-state index contributed by atoms with van der Waals surface area (Å²) in [5.41, 5.74) is 5.47. The van der Waals surface area contributed by atoms with Gasteiger partial charge in [-0.05, 0) is 60.3 Å². The molecule has 0 saturated heterocycles. The number of hydrogen-bond acceptors (Lipinski definition) is 3. The highest BCUT2D eigenvalue weighted by atomic mass is 31.1. The Morgan fingerprint density at radius 3 is 2.48 bits per heavy atom. The van der Waals surface area contributed by atoms with Gasteiger partial charge < -0.3 is 9.05 Å². The molecule has 0 N–H and O–H groups in total. The van der Waals surface area contributed by atoms with Gasteiger partial charge in [-0.2, -0.15) is 0 Å². The zero-order chi connectivity index (χ0) is 19.8. The molecule has 0 fully saturated rings. The van der Waals surface area contributed by atoms with Crippen LogP contribution < -0.4 is 4.52 Å². The summed E-state index contributed by atoms with van der Waals surface area (Å²) in [6.07, 6.45) is 5.87. The van der Waals surface area contributed by atoms with E-state index in [1.807, 2.05) is 19.1 Å². The van der Waals surface area contributed by atoms with Gasteiger partial charge >= 0.3 is 8.25 Å². The van der Waals surface area contributed by atoms with E-state index in [4.69, 9.17) is 9.05 Å². The molecule has 1 spiro atoms. The Bertz CT molecular complexity index is 949. The van der Waals surface area contributed by atoms with Gasteiger partial charge in [0.25, 0.3) is 0 Å². The Morgan fingerprint density at radius 2 is 1.81 bits per heavy atom. The zero-order valence-corrected chi connectivity index (χ0v) is 18.2. The third kappa shape index (κ3) is 2.58. The molecule has 2 atom stereocenters. The average molecular weight is 384 g/mol. The predicted molar refractivity (Wildman–Crippen MR) is 111 cm³/mol. The molecule has 0 radical (unpaired) electrons. The normalized spacial score (nSPS) is 30.1. The van der Waals surface area contributed by atoms with E-state index in [1.54, 1.807) is 0 Å². The van der Waals surface area contributed by atoms with Crippen LogP contribution in [0.3, 0.4) is 0 Å². The summed E-state index contributed by atoms with van der Waals surface area (Å²) in [7, 11) is -2.65. The third-order valence-electron chi connectivity index (χ3n) is 6.42. The van der Waals surface area contributed by atoms with Crippen LogP contribution in [-0.2, 0) is 19.9 Å².